The van der Waals surface area contributed by atoms with Crippen LogP contribution in [0.4, 0.5) is 11.8 Å². The molecule has 20 heavy (non-hydrogen) atoms. The van der Waals surface area contributed by atoms with Gasteiger partial charge in [-0.25, -0.2) is 4.98 Å². The van der Waals surface area contributed by atoms with Crippen molar-refractivity contribution in [3.8, 4) is 0 Å². The number of ether oxygens (including phenoxy) is 2. The van der Waals surface area contributed by atoms with Crippen LogP contribution >= 0.6 is 0 Å². The summed E-state index contributed by atoms with van der Waals surface area (Å²) in [6, 6.07) is 0. The van der Waals surface area contributed by atoms with E-state index in [4.69, 9.17) is 19.4 Å². The van der Waals surface area contributed by atoms with E-state index in [0.29, 0.717) is 6.61 Å². The third kappa shape index (κ3) is 2.86. The predicted octanol–water partition coefficient (Wildman–Crippen LogP) is 1.21. The van der Waals surface area contributed by atoms with E-state index < -0.39 is 0 Å². The average Bonchev–Trinajstić information content (AvgIpc) is 2.53. The van der Waals surface area contributed by atoms with E-state index in [-0.39, 0.29) is 0 Å². The van der Waals surface area contributed by atoms with Gasteiger partial charge in [-0.15, -0.1) is 0 Å². The fourth-order valence-electron chi connectivity index (χ4n) is 2.51. The standard InChI is InChI=1S/C14H22N4O2/c1-2-4-15-13-11-10-20-7-3-12(11)16-14(17-13)18-5-8-19-9-6-18/h2-10H2,1H3,(H,15,16,17). The molecular weight excluding hydrogens is 256 g/mol. The Morgan fingerprint density at radius 2 is 2.00 bits per heavy atom. The lowest BCUT2D eigenvalue weighted by atomic mass is 10.1. The van der Waals surface area contributed by atoms with Crippen molar-refractivity contribution < 1.29 is 9.47 Å². The van der Waals surface area contributed by atoms with Gasteiger partial charge in [0.15, 0.2) is 0 Å². The number of hydrogen-bond acceptors (Lipinski definition) is 6. The van der Waals surface area contributed by atoms with E-state index in [1.54, 1.807) is 0 Å². The van der Waals surface area contributed by atoms with Crippen molar-refractivity contribution in [1.82, 2.24) is 9.97 Å². The Bertz CT molecular complexity index is 461. The summed E-state index contributed by atoms with van der Waals surface area (Å²) < 4.78 is 10.9. The summed E-state index contributed by atoms with van der Waals surface area (Å²) >= 11 is 0. The molecule has 1 aromatic heterocycles. The molecule has 6 heteroatoms. The van der Waals surface area contributed by atoms with Gasteiger partial charge in [0.05, 0.1) is 32.1 Å². The second kappa shape index (κ2) is 6.37. The zero-order valence-electron chi connectivity index (χ0n) is 12.0. The van der Waals surface area contributed by atoms with Gasteiger partial charge in [-0.05, 0) is 6.42 Å². The molecule has 1 aromatic rings. The van der Waals surface area contributed by atoms with Crippen LogP contribution in [0.1, 0.15) is 24.6 Å². The summed E-state index contributed by atoms with van der Waals surface area (Å²) in [5.74, 6) is 1.77. The van der Waals surface area contributed by atoms with E-state index in [2.05, 4.69) is 17.1 Å². The molecule has 1 fully saturated rings. The highest BCUT2D eigenvalue weighted by atomic mass is 16.5. The van der Waals surface area contributed by atoms with E-state index in [1.165, 1.54) is 0 Å². The van der Waals surface area contributed by atoms with Crippen LogP contribution < -0.4 is 10.2 Å². The summed E-state index contributed by atoms with van der Waals surface area (Å²) in [6.45, 7) is 7.67. The number of aromatic nitrogens is 2. The third-order valence-corrected chi connectivity index (χ3v) is 3.65. The molecule has 1 saturated heterocycles. The predicted molar refractivity (Wildman–Crippen MR) is 77.2 cm³/mol. The zero-order valence-corrected chi connectivity index (χ0v) is 12.0. The van der Waals surface area contributed by atoms with Crippen molar-refractivity contribution >= 4 is 11.8 Å². The molecule has 0 saturated carbocycles. The topological polar surface area (TPSA) is 59.5 Å². The zero-order chi connectivity index (χ0) is 13.8. The normalized spacial score (nSPS) is 18.8. The first kappa shape index (κ1) is 13.6. The van der Waals surface area contributed by atoms with E-state index in [0.717, 1.165) is 75.3 Å². The fraction of sp³-hybridized carbons (Fsp3) is 0.714. The maximum Gasteiger partial charge on any atom is 0.227 e. The molecule has 3 heterocycles. The summed E-state index contributed by atoms with van der Waals surface area (Å²) in [5.41, 5.74) is 2.26. The lowest BCUT2D eigenvalue weighted by molar-refractivity contribution is 0.109. The molecule has 2 aliphatic heterocycles. The van der Waals surface area contributed by atoms with Gasteiger partial charge in [-0.3, -0.25) is 0 Å². The number of hydrogen-bond donors (Lipinski definition) is 1. The summed E-state index contributed by atoms with van der Waals surface area (Å²) in [6.07, 6.45) is 1.95. The molecule has 0 amide bonds. The molecule has 3 rings (SSSR count). The molecule has 0 radical (unpaired) electrons. The molecule has 0 aliphatic carbocycles. The maximum absolute atomic E-state index is 5.55. The highest BCUT2D eigenvalue weighted by Gasteiger charge is 2.21. The second-order valence-corrected chi connectivity index (χ2v) is 5.13. The molecule has 6 nitrogen and oxygen atoms in total. The number of rotatable bonds is 4. The summed E-state index contributed by atoms with van der Waals surface area (Å²) in [4.78, 5) is 11.7. The van der Waals surface area contributed by atoms with Crippen molar-refractivity contribution in [2.75, 3.05) is 49.7 Å². The summed E-state index contributed by atoms with van der Waals surface area (Å²) in [5, 5.41) is 3.41. The van der Waals surface area contributed by atoms with Crippen molar-refractivity contribution in [3.63, 3.8) is 0 Å². The molecule has 0 atom stereocenters. The number of morpholine rings is 1. The van der Waals surface area contributed by atoms with Crippen LogP contribution in [0.25, 0.3) is 0 Å². The number of fused-ring (bicyclic) bond motifs is 1. The van der Waals surface area contributed by atoms with E-state index in [9.17, 15) is 0 Å². The van der Waals surface area contributed by atoms with E-state index in [1.807, 2.05) is 0 Å². The molecule has 2 aliphatic rings. The number of nitrogens with one attached hydrogen (secondary N) is 1. The van der Waals surface area contributed by atoms with E-state index >= 15 is 0 Å². The Morgan fingerprint density at radius 3 is 2.80 bits per heavy atom. The van der Waals surface area contributed by atoms with Crippen LogP contribution in [0, 0.1) is 0 Å². The molecule has 0 aromatic carbocycles. The van der Waals surface area contributed by atoms with Gasteiger partial charge in [0.1, 0.15) is 5.82 Å². The van der Waals surface area contributed by atoms with Crippen LogP contribution in [0.15, 0.2) is 0 Å². The summed E-state index contributed by atoms with van der Waals surface area (Å²) in [7, 11) is 0. The molecule has 0 bridgehead atoms. The largest absolute Gasteiger partial charge is 0.378 e. The minimum absolute atomic E-state index is 0.616. The number of nitrogens with zero attached hydrogens (tertiary/aromatic N) is 3. The SMILES string of the molecule is CCCNc1nc(N2CCOCC2)nc2c1COCC2. The van der Waals surface area contributed by atoms with Gasteiger partial charge in [0, 0.05) is 31.6 Å². The Morgan fingerprint density at radius 1 is 1.15 bits per heavy atom. The van der Waals surface area contributed by atoms with Gasteiger partial charge >= 0.3 is 0 Å². The minimum Gasteiger partial charge on any atom is -0.378 e. The third-order valence-electron chi connectivity index (χ3n) is 3.65. The van der Waals surface area contributed by atoms with Gasteiger partial charge in [0.25, 0.3) is 0 Å². The van der Waals surface area contributed by atoms with Crippen LogP contribution in [-0.2, 0) is 22.5 Å². The van der Waals surface area contributed by atoms with Crippen molar-refractivity contribution in [1.29, 1.82) is 0 Å². The highest BCUT2D eigenvalue weighted by molar-refractivity contribution is 5.52. The lowest BCUT2D eigenvalue weighted by Crippen LogP contribution is -2.38. The Balaban J connectivity index is 1.89. The minimum atomic E-state index is 0.616. The Labute approximate surface area is 119 Å². The Kier molecular flexibility index (Phi) is 4.32. The molecule has 110 valence electrons. The number of anilines is 2. The molecule has 1 N–H and O–H groups in total. The van der Waals surface area contributed by atoms with Gasteiger partial charge < -0.3 is 19.7 Å². The molecule has 0 spiro atoms. The first-order valence-electron chi connectivity index (χ1n) is 7.42. The van der Waals surface area contributed by atoms with Crippen molar-refractivity contribution in [2.24, 2.45) is 0 Å². The van der Waals surface area contributed by atoms with Gasteiger partial charge in [0.2, 0.25) is 5.95 Å². The smallest absolute Gasteiger partial charge is 0.227 e. The van der Waals surface area contributed by atoms with Crippen molar-refractivity contribution in [3.05, 3.63) is 11.3 Å². The van der Waals surface area contributed by atoms with Crippen LogP contribution in [0.2, 0.25) is 0 Å². The van der Waals surface area contributed by atoms with Crippen LogP contribution in [-0.4, -0.2) is 49.4 Å². The first-order chi connectivity index (χ1) is 9.88. The average molecular weight is 278 g/mol. The highest BCUT2D eigenvalue weighted by Crippen LogP contribution is 2.25. The van der Waals surface area contributed by atoms with Crippen molar-refractivity contribution in [2.45, 2.75) is 26.4 Å². The van der Waals surface area contributed by atoms with Gasteiger partial charge in [-0.1, -0.05) is 6.92 Å². The quantitative estimate of drug-likeness (QED) is 0.893. The Hall–Kier alpha value is -1.40. The van der Waals surface area contributed by atoms with Gasteiger partial charge in [-0.2, -0.15) is 4.98 Å². The lowest BCUT2D eigenvalue weighted by Gasteiger charge is -2.29. The fourth-order valence-corrected chi connectivity index (χ4v) is 2.51. The van der Waals surface area contributed by atoms with Crippen LogP contribution in [0.5, 0.6) is 0 Å². The maximum atomic E-state index is 5.55. The monoisotopic (exact) mass is 278 g/mol. The first-order valence-corrected chi connectivity index (χ1v) is 7.42. The molecule has 0 unspecified atom stereocenters. The van der Waals surface area contributed by atoms with Crippen LogP contribution in [0.3, 0.4) is 0 Å². The second-order valence-electron chi connectivity index (χ2n) is 5.13. The molecular formula is C14H22N4O2.